The Kier molecular flexibility index (Phi) is 7.61. The first-order chi connectivity index (χ1) is 11.1. The first-order valence-corrected chi connectivity index (χ1v) is 7.98. The maximum atomic E-state index is 11.4. The zero-order valence-corrected chi connectivity index (χ0v) is 15.2. The fourth-order valence-electron chi connectivity index (χ4n) is 2.18. The van der Waals surface area contributed by atoms with Gasteiger partial charge in [-0.15, -0.1) is 0 Å². The minimum absolute atomic E-state index is 0.236. The highest BCUT2D eigenvalue weighted by molar-refractivity contribution is 9.09. The van der Waals surface area contributed by atoms with E-state index >= 15 is 0 Å². The number of carbonyl (C=O) groups excluding carboxylic acids is 4. The highest BCUT2D eigenvalue weighted by atomic mass is 79.9. The van der Waals surface area contributed by atoms with Crippen LogP contribution in [0, 0.1) is 0 Å². The molecule has 0 N–H and O–H groups in total. The van der Waals surface area contributed by atoms with Crippen molar-refractivity contribution in [3.05, 3.63) is 0 Å². The maximum Gasteiger partial charge on any atom is 0.303 e. The molecular weight excluding hydrogens is 392 g/mol. The predicted octanol–water partition coefficient (Wildman–Crippen LogP) is 0.464. The summed E-state index contributed by atoms with van der Waals surface area (Å²) in [7, 11) is 0. The lowest BCUT2D eigenvalue weighted by atomic mass is 9.99. The van der Waals surface area contributed by atoms with Gasteiger partial charge in [-0.3, -0.25) is 19.2 Å². The number of esters is 4. The zero-order valence-electron chi connectivity index (χ0n) is 13.6. The Labute approximate surface area is 147 Å². The van der Waals surface area contributed by atoms with Gasteiger partial charge in [0.2, 0.25) is 0 Å². The van der Waals surface area contributed by atoms with Crippen molar-refractivity contribution in [1.82, 2.24) is 0 Å². The van der Waals surface area contributed by atoms with Crippen molar-refractivity contribution in [3.63, 3.8) is 0 Å². The van der Waals surface area contributed by atoms with Gasteiger partial charge >= 0.3 is 23.9 Å². The molecule has 1 unspecified atom stereocenters. The van der Waals surface area contributed by atoms with Gasteiger partial charge in [0.25, 0.3) is 0 Å². The van der Waals surface area contributed by atoms with Crippen molar-refractivity contribution in [2.45, 2.75) is 57.1 Å². The molecule has 24 heavy (non-hydrogen) atoms. The number of hydrogen-bond acceptors (Lipinski definition) is 9. The molecule has 0 amide bonds. The first-order valence-electron chi connectivity index (χ1n) is 7.06. The van der Waals surface area contributed by atoms with Crippen LogP contribution in [0.25, 0.3) is 0 Å². The summed E-state index contributed by atoms with van der Waals surface area (Å²) in [5, 5.41) is -0.863. The van der Waals surface area contributed by atoms with Gasteiger partial charge in [-0.2, -0.15) is 0 Å². The van der Waals surface area contributed by atoms with Gasteiger partial charge in [0.15, 0.2) is 23.3 Å². The number of hydrogen-bond donors (Lipinski definition) is 0. The van der Waals surface area contributed by atoms with E-state index in [-0.39, 0.29) is 6.61 Å². The Morgan fingerprint density at radius 2 is 1.25 bits per heavy atom. The largest absolute Gasteiger partial charge is 0.463 e. The summed E-state index contributed by atoms with van der Waals surface area (Å²) in [6.45, 7) is 4.47. The highest BCUT2D eigenvalue weighted by Crippen LogP contribution is 2.31. The predicted molar refractivity (Wildman–Crippen MR) is 80.9 cm³/mol. The first kappa shape index (κ1) is 20.4. The highest BCUT2D eigenvalue weighted by Gasteiger charge is 2.51. The standard InChI is InChI=1S/C14H19BrO9/c1-6(16)20-5-10-11(21-7(2)17)12(22-8(3)18)13(14(15)24-10)23-9(4)19/h10-14H,5H2,1-4H3/t10-,11+,12+,13?,14-/m1/s1. The normalized spacial score (nSPS) is 29.3. The lowest BCUT2D eigenvalue weighted by Gasteiger charge is -2.42. The molecule has 136 valence electrons. The molecule has 0 saturated carbocycles. The Morgan fingerprint density at radius 3 is 1.71 bits per heavy atom. The molecule has 5 atom stereocenters. The van der Waals surface area contributed by atoms with Crippen LogP contribution in [-0.4, -0.2) is 59.9 Å². The Morgan fingerprint density at radius 1 is 0.792 bits per heavy atom. The summed E-state index contributed by atoms with van der Waals surface area (Å²) < 4.78 is 25.9. The summed E-state index contributed by atoms with van der Waals surface area (Å²) >= 11 is 3.18. The second-order valence-electron chi connectivity index (χ2n) is 5.05. The fraction of sp³-hybridized carbons (Fsp3) is 0.714. The molecule has 0 aromatic heterocycles. The van der Waals surface area contributed by atoms with E-state index in [1.165, 1.54) is 13.8 Å². The van der Waals surface area contributed by atoms with Crippen molar-refractivity contribution in [2.75, 3.05) is 6.61 Å². The Bertz CT molecular complexity index is 506. The maximum absolute atomic E-state index is 11.4. The molecule has 0 bridgehead atoms. The topological polar surface area (TPSA) is 114 Å². The minimum atomic E-state index is -1.13. The fourth-order valence-corrected chi connectivity index (χ4v) is 2.86. The molecule has 9 nitrogen and oxygen atoms in total. The van der Waals surface area contributed by atoms with Crippen LogP contribution >= 0.6 is 15.9 Å². The molecule has 0 spiro atoms. The quantitative estimate of drug-likeness (QED) is 0.362. The summed E-state index contributed by atoms with van der Waals surface area (Å²) in [6, 6.07) is 0. The molecule has 10 heteroatoms. The molecule has 0 radical (unpaired) electrons. The van der Waals surface area contributed by atoms with E-state index in [0.29, 0.717) is 0 Å². The molecule has 1 aliphatic rings. The molecule has 1 heterocycles. The summed E-state index contributed by atoms with van der Waals surface area (Å²) in [4.78, 5) is 45.1. The van der Waals surface area contributed by atoms with E-state index in [2.05, 4.69) is 15.9 Å². The van der Waals surface area contributed by atoms with Gasteiger partial charge in [0.05, 0.1) is 0 Å². The molecule has 1 rings (SSSR count). The van der Waals surface area contributed by atoms with Crippen LogP contribution in [0.2, 0.25) is 0 Å². The number of halogens is 1. The molecular formula is C14H19BrO9. The molecule has 0 aromatic carbocycles. The van der Waals surface area contributed by atoms with Gasteiger partial charge in [-0.25, -0.2) is 0 Å². The number of ether oxygens (including phenoxy) is 5. The third kappa shape index (κ3) is 6.08. The Balaban J connectivity index is 3.11. The molecule has 1 aliphatic heterocycles. The van der Waals surface area contributed by atoms with Crippen LogP contribution in [0.3, 0.4) is 0 Å². The molecule has 0 aromatic rings. The molecule has 1 fully saturated rings. The van der Waals surface area contributed by atoms with Crippen LogP contribution in [0.15, 0.2) is 0 Å². The average molecular weight is 411 g/mol. The van der Waals surface area contributed by atoms with Crippen LogP contribution in [0.4, 0.5) is 0 Å². The lowest BCUT2D eigenvalue weighted by molar-refractivity contribution is -0.236. The van der Waals surface area contributed by atoms with Gasteiger partial charge < -0.3 is 23.7 Å². The van der Waals surface area contributed by atoms with Crippen molar-refractivity contribution in [1.29, 1.82) is 0 Å². The van der Waals surface area contributed by atoms with E-state index in [1.807, 2.05) is 0 Å². The van der Waals surface area contributed by atoms with E-state index in [0.717, 1.165) is 13.8 Å². The van der Waals surface area contributed by atoms with Crippen LogP contribution < -0.4 is 0 Å². The third-order valence-electron chi connectivity index (χ3n) is 2.93. The summed E-state index contributed by atoms with van der Waals surface area (Å²) in [5.74, 6) is -2.52. The van der Waals surface area contributed by atoms with Crippen molar-refractivity contribution in [2.24, 2.45) is 0 Å². The monoisotopic (exact) mass is 410 g/mol. The van der Waals surface area contributed by atoms with E-state index < -0.39 is 53.3 Å². The second kappa shape index (κ2) is 8.97. The smallest absolute Gasteiger partial charge is 0.303 e. The van der Waals surface area contributed by atoms with Gasteiger partial charge in [-0.05, 0) is 0 Å². The van der Waals surface area contributed by atoms with Crippen molar-refractivity contribution < 1.29 is 42.9 Å². The van der Waals surface area contributed by atoms with Crippen molar-refractivity contribution in [3.8, 4) is 0 Å². The van der Waals surface area contributed by atoms with Gasteiger partial charge in [0, 0.05) is 27.7 Å². The van der Waals surface area contributed by atoms with Crippen LogP contribution in [-0.2, 0) is 42.9 Å². The lowest BCUT2D eigenvalue weighted by Crippen LogP contribution is -2.60. The van der Waals surface area contributed by atoms with E-state index in [4.69, 9.17) is 23.7 Å². The van der Waals surface area contributed by atoms with E-state index in [9.17, 15) is 19.2 Å². The number of carbonyl (C=O) groups is 4. The Hall–Kier alpha value is -1.68. The molecule has 0 aliphatic carbocycles. The average Bonchev–Trinajstić information content (AvgIpc) is 2.42. The van der Waals surface area contributed by atoms with Crippen LogP contribution in [0.5, 0.6) is 0 Å². The van der Waals surface area contributed by atoms with Gasteiger partial charge in [0.1, 0.15) is 12.7 Å². The third-order valence-corrected chi connectivity index (χ3v) is 3.67. The minimum Gasteiger partial charge on any atom is -0.463 e. The SMILES string of the molecule is CC(=O)OC[C@H]1O[C@@H](Br)C(OC(C)=O)[C@@H](OC(C)=O)[C@H]1OC(C)=O. The second-order valence-corrected chi connectivity index (χ2v) is 5.95. The van der Waals surface area contributed by atoms with Crippen LogP contribution in [0.1, 0.15) is 27.7 Å². The molecule has 1 saturated heterocycles. The van der Waals surface area contributed by atoms with Crippen molar-refractivity contribution >= 4 is 39.8 Å². The van der Waals surface area contributed by atoms with E-state index in [1.54, 1.807) is 0 Å². The zero-order chi connectivity index (χ0) is 18.4. The number of rotatable bonds is 5. The summed E-state index contributed by atoms with van der Waals surface area (Å²) in [6.07, 6.45) is -4.22. The van der Waals surface area contributed by atoms with Gasteiger partial charge in [-0.1, -0.05) is 15.9 Å². The number of alkyl halides is 1. The summed E-state index contributed by atoms with van der Waals surface area (Å²) in [5.41, 5.74) is 0.